The molecule has 2 N–H and O–H groups in total. The number of esters is 2. The number of rotatable bonds is 40. The SMILES string of the molecule is CCCCC/C=C\C/C=C\CCCCCCCC(=O)O[C@H](COC(=O)CCCCCCCCCCCCCCCCC)COP(=O)(O)OC(C=O)CO. The van der Waals surface area contributed by atoms with Crippen LogP contribution in [-0.4, -0.2) is 60.3 Å². The maximum Gasteiger partial charge on any atom is 0.473 e. The molecule has 0 aromatic rings. The molecule has 53 heavy (non-hydrogen) atoms. The fraction of sp³-hybridized carbons (Fsp3) is 0.833. The number of aliphatic hydroxyl groups is 1. The second-order valence-corrected chi connectivity index (χ2v) is 15.6. The van der Waals surface area contributed by atoms with Crippen LogP contribution in [0.1, 0.15) is 194 Å². The maximum absolute atomic E-state index is 12.6. The van der Waals surface area contributed by atoms with E-state index in [4.69, 9.17) is 19.1 Å². The summed E-state index contributed by atoms with van der Waals surface area (Å²) < 4.78 is 32.6. The monoisotopic (exact) mass is 773 g/mol. The van der Waals surface area contributed by atoms with Crippen LogP contribution in [0.4, 0.5) is 0 Å². The molecule has 0 radical (unpaired) electrons. The highest BCUT2D eigenvalue weighted by atomic mass is 31.2. The molecule has 0 bridgehead atoms. The van der Waals surface area contributed by atoms with Gasteiger partial charge in [0.2, 0.25) is 0 Å². The first-order valence-corrected chi connectivity index (χ1v) is 22.6. The van der Waals surface area contributed by atoms with E-state index in [1.807, 2.05) is 0 Å². The zero-order valence-electron chi connectivity index (χ0n) is 33.6. The predicted molar refractivity (Wildman–Crippen MR) is 214 cm³/mol. The van der Waals surface area contributed by atoms with Crippen molar-refractivity contribution in [1.29, 1.82) is 0 Å². The van der Waals surface area contributed by atoms with Crippen LogP contribution >= 0.6 is 7.82 Å². The molecule has 310 valence electrons. The van der Waals surface area contributed by atoms with Crippen LogP contribution in [0, 0.1) is 0 Å². The number of phosphoric ester groups is 1. The highest BCUT2D eigenvalue weighted by Crippen LogP contribution is 2.44. The van der Waals surface area contributed by atoms with E-state index in [1.54, 1.807) is 0 Å². The van der Waals surface area contributed by atoms with E-state index < -0.39 is 45.2 Å². The van der Waals surface area contributed by atoms with Gasteiger partial charge in [0.25, 0.3) is 0 Å². The van der Waals surface area contributed by atoms with Crippen LogP contribution in [0.25, 0.3) is 0 Å². The number of carbonyl (C=O) groups is 3. The Bertz CT molecular complexity index is 970. The summed E-state index contributed by atoms with van der Waals surface area (Å²) in [5, 5.41) is 9.09. The van der Waals surface area contributed by atoms with Crippen molar-refractivity contribution >= 4 is 26.0 Å². The fourth-order valence-corrected chi connectivity index (χ4v) is 6.69. The van der Waals surface area contributed by atoms with Crippen molar-refractivity contribution in [1.82, 2.24) is 0 Å². The molecule has 10 nitrogen and oxygen atoms in total. The van der Waals surface area contributed by atoms with Gasteiger partial charge in [0.05, 0.1) is 13.2 Å². The zero-order chi connectivity index (χ0) is 39.1. The smallest absolute Gasteiger partial charge is 0.462 e. The highest BCUT2D eigenvalue weighted by molar-refractivity contribution is 7.47. The normalized spacial score (nSPS) is 14.0. The number of unbranched alkanes of at least 4 members (excludes halogenated alkanes) is 22. The van der Waals surface area contributed by atoms with Crippen molar-refractivity contribution in [2.45, 2.75) is 206 Å². The lowest BCUT2D eigenvalue weighted by Gasteiger charge is -2.20. The molecule has 3 atom stereocenters. The first-order chi connectivity index (χ1) is 25.8. The van der Waals surface area contributed by atoms with E-state index >= 15 is 0 Å². The second kappa shape index (κ2) is 38.4. The number of carbonyl (C=O) groups excluding carboxylic acids is 3. The first-order valence-electron chi connectivity index (χ1n) is 21.1. The summed E-state index contributed by atoms with van der Waals surface area (Å²) >= 11 is 0. The average molecular weight is 773 g/mol. The number of allylic oxidation sites excluding steroid dienone is 4. The topological polar surface area (TPSA) is 146 Å². The van der Waals surface area contributed by atoms with E-state index in [-0.39, 0.29) is 25.7 Å². The molecule has 0 amide bonds. The van der Waals surface area contributed by atoms with Crippen LogP contribution < -0.4 is 0 Å². The third-order valence-corrected chi connectivity index (χ3v) is 10.1. The summed E-state index contributed by atoms with van der Waals surface area (Å²) in [6.07, 6.45) is 36.8. The Morgan fingerprint density at radius 1 is 0.604 bits per heavy atom. The quantitative estimate of drug-likeness (QED) is 0.0203. The van der Waals surface area contributed by atoms with Gasteiger partial charge in [-0.2, -0.15) is 0 Å². The van der Waals surface area contributed by atoms with Gasteiger partial charge in [-0.1, -0.05) is 160 Å². The largest absolute Gasteiger partial charge is 0.473 e. The van der Waals surface area contributed by atoms with Crippen LogP contribution in [-0.2, 0) is 37.5 Å². The average Bonchev–Trinajstić information content (AvgIpc) is 3.14. The molecule has 0 saturated carbocycles. The molecule has 0 aromatic heterocycles. The Labute approximate surface area is 322 Å². The molecular formula is C42H77O10P. The minimum Gasteiger partial charge on any atom is -0.462 e. The lowest BCUT2D eigenvalue weighted by atomic mass is 10.0. The standard InChI is InChI=1S/C42H77O10P/c1-3-5-7-9-11-13-15-17-19-21-23-25-27-29-31-33-41(45)49-37-40(38-50-53(47,48)52-39(35-43)36-44)51-42(46)34-32-30-28-26-24-22-20-18-16-14-12-10-8-6-4-2/h12,14,18,20,35,39-40,44H,3-11,13,15-17,19,21-34,36-38H2,1-2H3,(H,47,48)/b14-12-,20-18-/t39?,40-/m1/s1. The van der Waals surface area contributed by atoms with Gasteiger partial charge in [-0.15, -0.1) is 0 Å². The van der Waals surface area contributed by atoms with Crippen molar-refractivity contribution in [3.8, 4) is 0 Å². The Morgan fingerprint density at radius 3 is 1.53 bits per heavy atom. The van der Waals surface area contributed by atoms with Crippen molar-refractivity contribution in [2.75, 3.05) is 19.8 Å². The van der Waals surface area contributed by atoms with Crippen LogP contribution in [0.5, 0.6) is 0 Å². The Morgan fingerprint density at radius 2 is 1.04 bits per heavy atom. The van der Waals surface area contributed by atoms with Crippen molar-refractivity contribution in [3.05, 3.63) is 24.3 Å². The minimum atomic E-state index is -4.76. The first kappa shape index (κ1) is 51.2. The summed E-state index contributed by atoms with van der Waals surface area (Å²) in [6, 6.07) is 0. The number of hydrogen-bond donors (Lipinski definition) is 2. The molecular weight excluding hydrogens is 695 g/mol. The lowest BCUT2D eigenvalue weighted by molar-refractivity contribution is -0.161. The molecule has 0 aromatic carbocycles. The van der Waals surface area contributed by atoms with Gasteiger partial charge in [-0.25, -0.2) is 4.57 Å². The van der Waals surface area contributed by atoms with Crippen molar-refractivity contribution in [3.63, 3.8) is 0 Å². The minimum absolute atomic E-state index is 0.152. The summed E-state index contributed by atoms with van der Waals surface area (Å²) in [4.78, 5) is 45.8. The molecule has 0 saturated heterocycles. The molecule has 11 heteroatoms. The Balaban J connectivity index is 4.34. The molecule has 0 aliphatic carbocycles. The van der Waals surface area contributed by atoms with Crippen LogP contribution in [0.15, 0.2) is 24.3 Å². The summed E-state index contributed by atoms with van der Waals surface area (Å²) in [5.74, 6) is -0.975. The van der Waals surface area contributed by atoms with Gasteiger partial charge < -0.3 is 24.3 Å². The summed E-state index contributed by atoms with van der Waals surface area (Å²) in [7, 11) is -4.76. The van der Waals surface area contributed by atoms with Crippen LogP contribution in [0.2, 0.25) is 0 Å². The number of aldehydes is 1. The van der Waals surface area contributed by atoms with Crippen molar-refractivity contribution in [2.24, 2.45) is 0 Å². The van der Waals surface area contributed by atoms with E-state index in [1.165, 1.54) is 89.9 Å². The maximum atomic E-state index is 12.6. The van der Waals surface area contributed by atoms with Gasteiger partial charge in [0, 0.05) is 12.8 Å². The molecule has 0 fully saturated rings. The fourth-order valence-electron chi connectivity index (χ4n) is 5.82. The van der Waals surface area contributed by atoms with E-state index in [0.29, 0.717) is 12.8 Å². The zero-order valence-corrected chi connectivity index (χ0v) is 34.5. The van der Waals surface area contributed by atoms with Crippen LogP contribution in [0.3, 0.4) is 0 Å². The lowest BCUT2D eigenvalue weighted by Crippen LogP contribution is -2.30. The molecule has 0 aliphatic rings. The molecule has 0 spiro atoms. The van der Waals surface area contributed by atoms with E-state index in [0.717, 1.165) is 64.2 Å². The third-order valence-electron chi connectivity index (χ3n) is 9.07. The number of hydrogen-bond acceptors (Lipinski definition) is 9. The third kappa shape index (κ3) is 36.9. The molecule has 2 unspecified atom stereocenters. The summed E-state index contributed by atoms with van der Waals surface area (Å²) in [6.45, 7) is 2.72. The van der Waals surface area contributed by atoms with Gasteiger partial charge in [-0.3, -0.25) is 18.6 Å². The molecule has 0 aliphatic heterocycles. The van der Waals surface area contributed by atoms with Crippen molar-refractivity contribution < 1.29 is 47.5 Å². The Hall–Kier alpha value is -1.84. The van der Waals surface area contributed by atoms with E-state index in [9.17, 15) is 23.8 Å². The second-order valence-electron chi connectivity index (χ2n) is 14.2. The number of phosphoric acid groups is 1. The molecule has 0 heterocycles. The summed E-state index contributed by atoms with van der Waals surface area (Å²) in [5.41, 5.74) is 0. The van der Waals surface area contributed by atoms with Gasteiger partial charge in [0.15, 0.2) is 12.4 Å². The highest BCUT2D eigenvalue weighted by Gasteiger charge is 2.29. The van der Waals surface area contributed by atoms with Gasteiger partial charge in [0.1, 0.15) is 12.7 Å². The predicted octanol–water partition coefficient (Wildman–Crippen LogP) is 11.2. The van der Waals surface area contributed by atoms with Gasteiger partial charge in [-0.05, 0) is 44.9 Å². The number of ether oxygens (including phenoxy) is 2. The van der Waals surface area contributed by atoms with Gasteiger partial charge >= 0.3 is 19.8 Å². The Kier molecular flexibility index (Phi) is 37.1. The van der Waals surface area contributed by atoms with E-state index in [2.05, 4.69) is 42.7 Å². The molecule has 0 rings (SSSR count). The number of aliphatic hydroxyl groups excluding tert-OH is 1.